The van der Waals surface area contributed by atoms with Crippen LogP contribution in [0.5, 0.6) is 0 Å². The molecule has 1 heterocycles. The number of nitrogens with zero attached hydrogens (tertiary/aromatic N) is 3. The number of aryl methyl sites for hydroxylation is 3. The normalized spacial score (nSPS) is 15.6. The Morgan fingerprint density at radius 2 is 1.96 bits per heavy atom. The third-order valence-corrected chi connectivity index (χ3v) is 6.05. The molecule has 4 rings (SSSR count). The molecule has 3 aromatic rings. The first-order chi connectivity index (χ1) is 13.2. The molecule has 0 aliphatic heterocycles. The van der Waals surface area contributed by atoms with Crippen LogP contribution in [0, 0.1) is 6.92 Å². The SMILES string of the molecule is CCc1nnsc1C(=O)N(Cc1ccc(C)cc1)C1CCc2ccccc21. The van der Waals surface area contributed by atoms with Crippen molar-refractivity contribution in [2.45, 2.75) is 45.7 Å². The fraction of sp³-hybridized carbons (Fsp3) is 0.318. The summed E-state index contributed by atoms with van der Waals surface area (Å²) in [5, 5.41) is 4.15. The van der Waals surface area contributed by atoms with E-state index < -0.39 is 0 Å². The Labute approximate surface area is 164 Å². The minimum absolute atomic E-state index is 0.0455. The van der Waals surface area contributed by atoms with Crippen molar-refractivity contribution in [2.75, 3.05) is 0 Å². The Balaban J connectivity index is 1.71. The Kier molecular flexibility index (Phi) is 5.03. The highest BCUT2D eigenvalue weighted by atomic mass is 32.1. The van der Waals surface area contributed by atoms with Gasteiger partial charge in [0.25, 0.3) is 5.91 Å². The van der Waals surface area contributed by atoms with Crippen LogP contribution >= 0.6 is 11.5 Å². The van der Waals surface area contributed by atoms with Gasteiger partial charge >= 0.3 is 0 Å². The van der Waals surface area contributed by atoms with Gasteiger partial charge in [0, 0.05) is 6.54 Å². The van der Waals surface area contributed by atoms with E-state index in [9.17, 15) is 4.79 Å². The standard InChI is InChI=1S/C22H23N3OS/c1-3-19-21(27-24-23-19)22(26)25(14-16-10-8-15(2)9-11-16)20-13-12-17-6-4-5-7-18(17)20/h4-11,20H,3,12-14H2,1-2H3. The second-order valence-corrected chi connectivity index (χ2v) is 7.83. The van der Waals surface area contributed by atoms with Crippen molar-refractivity contribution in [3.05, 3.63) is 81.4 Å². The number of fused-ring (bicyclic) bond motifs is 1. The summed E-state index contributed by atoms with van der Waals surface area (Å²) in [5.41, 5.74) is 5.79. The Morgan fingerprint density at radius 3 is 2.74 bits per heavy atom. The first-order valence-electron chi connectivity index (χ1n) is 9.43. The minimum atomic E-state index is 0.0455. The topological polar surface area (TPSA) is 46.1 Å². The van der Waals surface area contributed by atoms with Crippen molar-refractivity contribution in [3.63, 3.8) is 0 Å². The average molecular weight is 378 g/mol. The summed E-state index contributed by atoms with van der Waals surface area (Å²) < 4.78 is 4.03. The van der Waals surface area contributed by atoms with Crippen molar-refractivity contribution < 1.29 is 4.79 Å². The molecule has 2 aromatic carbocycles. The van der Waals surface area contributed by atoms with Crippen molar-refractivity contribution in [1.29, 1.82) is 0 Å². The smallest absolute Gasteiger partial charge is 0.268 e. The van der Waals surface area contributed by atoms with Gasteiger partial charge in [-0.1, -0.05) is 65.5 Å². The van der Waals surface area contributed by atoms with Gasteiger partial charge < -0.3 is 4.90 Å². The molecule has 1 amide bonds. The monoisotopic (exact) mass is 377 g/mol. The van der Waals surface area contributed by atoms with Gasteiger partial charge in [0.1, 0.15) is 4.88 Å². The molecule has 0 spiro atoms. The number of benzene rings is 2. The van der Waals surface area contributed by atoms with Crippen LogP contribution in [-0.2, 0) is 19.4 Å². The molecule has 1 atom stereocenters. The first kappa shape index (κ1) is 17.9. The van der Waals surface area contributed by atoms with E-state index in [-0.39, 0.29) is 11.9 Å². The molecule has 0 saturated carbocycles. The lowest BCUT2D eigenvalue weighted by Crippen LogP contribution is -2.33. The number of rotatable bonds is 5. The van der Waals surface area contributed by atoms with Gasteiger partial charge in [-0.15, -0.1) is 5.10 Å². The highest BCUT2D eigenvalue weighted by molar-refractivity contribution is 7.08. The molecule has 1 aliphatic rings. The summed E-state index contributed by atoms with van der Waals surface area (Å²) in [6.07, 6.45) is 2.70. The molecule has 0 radical (unpaired) electrons. The predicted octanol–water partition coefficient (Wildman–Crippen LogP) is 4.74. The Bertz CT molecular complexity index is 948. The summed E-state index contributed by atoms with van der Waals surface area (Å²) in [5.74, 6) is 0.0455. The van der Waals surface area contributed by atoms with Gasteiger partial charge in [0.2, 0.25) is 0 Å². The average Bonchev–Trinajstić information content (AvgIpc) is 3.34. The Morgan fingerprint density at radius 1 is 1.19 bits per heavy atom. The van der Waals surface area contributed by atoms with Crippen molar-refractivity contribution in [2.24, 2.45) is 0 Å². The lowest BCUT2D eigenvalue weighted by atomic mass is 10.0. The van der Waals surface area contributed by atoms with E-state index in [4.69, 9.17) is 0 Å². The third-order valence-electron chi connectivity index (χ3n) is 5.30. The number of aromatic nitrogens is 2. The molecular formula is C22H23N3OS. The molecule has 1 aliphatic carbocycles. The lowest BCUT2D eigenvalue weighted by Gasteiger charge is -2.30. The summed E-state index contributed by atoms with van der Waals surface area (Å²) in [4.78, 5) is 16.2. The lowest BCUT2D eigenvalue weighted by molar-refractivity contribution is 0.0662. The largest absolute Gasteiger partial charge is 0.326 e. The zero-order chi connectivity index (χ0) is 18.8. The van der Waals surface area contributed by atoms with E-state index >= 15 is 0 Å². The number of hydrogen-bond donors (Lipinski definition) is 0. The van der Waals surface area contributed by atoms with Gasteiger partial charge in [0.05, 0.1) is 11.7 Å². The molecule has 1 aromatic heterocycles. The third kappa shape index (κ3) is 3.52. The van der Waals surface area contributed by atoms with E-state index in [2.05, 4.69) is 65.0 Å². The van der Waals surface area contributed by atoms with Crippen LogP contribution in [0.4, 0.5) is 0 Å². The molecule has 27 heavy (non-hydrogen) atoms. The number of carbonyl (C=O) groups is 1. The number of hydrogen-bond acceptors (Lipinski definition) is 4. The number of amides is 1. The molecular weight excluding hydrogens is 354 g/mol. The molecule has 0 saturated heterocycles. The minimum Gasteiger partial charge on any atom is -0.326 e. The van der Waals surface area contributed by atoms with Gasteiger partial charge in [-0.3, -0.25) is 4.79 Å². The molecule has 0 N–H and O–H groups in total. The van der Waals surface area contributed by atoms with Crippen LogP contribution in [-0.4, -0.2) is 20.4 Å². The van der Waals surface area contributed by atoms with Crippen LogP contribution in [0.25, 0.3) is 0 Å². The van der Waals surface area contributed by atoms with Crippen LogP contribution in [0.15, 0.2) is 48.5 Å². The van der Waals surface area contributed by atoms with Crippen LogP contribution in [0.3, 0.4) is 0 Å². The molecule has 0 fully saturated rings. The highest BCUT2D eigenvalue weighted by Gasteiger charge is 2.33. The fourth-order valence-corrected chi connectivity index (χ4v) is 4.51. The van der Waals surface area contributed by atoms with E-state index in [0.29, 0.717) is 11.4 Å². The zero-order valence-corrected chi connectivity index (χ0v) is 16.5. The van der Waals surface area contributed by atoms with Crippen LogP contribution < -0.4 is 0 Å². The number of carbonyl (C=O) groups excluding carboxylic acids is 1. The van der Waals surface area contributed by atoms with Gasteiger partial charge in [-0.05, 0) is 54.4 Å². The van der Waals surface area contributed by atoms with E-state index in [1.54, 1.807) is 0 Å². The van der Waals surface area contributed by atoms with Gasteiger partial charge in [-0.2, -0.15) is 0 Å². The fourth-order valence-electron chi connectivity index (χ4n) is 3.80. The second-order valence-electron chi connectivity index (χ2n) is 7.07. The maximum atomic E-state index is 13.5. The van der Waals surface area contributed by atoms with Crippen LogP contribution in [0.1, 0.15) is 57.0 Å². The second kappa shape index (κ2) is 7.61. The Hall–Kier alpha value is -2.53. The predicted molar refractivity (Wildman–Crippen MR) is 108 cm³/mol. The zero-order valence-electron chi connectivity index (χ0n) is 15.7. The van der Waals surface area contributed by atoms with Gasteiger partial charge in [0.15, 0.2) is 0 Å². The van der Waals surface area contributed by atoms with Crippen molar-refractivity contribution >= 4 is 17.4 Å². The molecule has 4 nitrogen and oxygen atoms in total. The first-order valence-corrected chi connectivity index (χ1v) is 10.2. The van der Waals surface area contributed by atoms with E-state index in [0.717, 1.165) is 30.5 Å². The van der Waals surface area contributed by atoms with Gasteiger partial charge in [-0.25, -0.2) is 0 Å². The summed E-state index contributed by atoms with van der Waals surface area (Å²) >= 11 is 1.21. The molecule has 1 unspecified atom stereocenters. The van der Waals surface area contributed by atoms with Crippen molar-refractivity contribution in [3.8, 4) is 0 Å². The molecule has 0 bridgehead atoms. The summed E-state index contributed by atoms with van der Waals surface area (Å²) in [6.45, 7) is 4.69. The highest BCUT2D eigenvalue weighted by Crippen LogP contribution is 2.37. The van der Waals surface area contributed by atoms with E-state index in [1.807, 2.05) is 11.8 Å². The van der Waals surface area contributed by atoms with E-state index in [1.165, 1.54) is 28.2 Å². The van der Waals surface area contributed by atoms with Crippen LogP contribution in [0.2, 0.25) is 0 Å². The summed E-state index contributed by atoms with van der Waals surface area (Å²) in [6, 6.07) is 17.0. The quantitative estimate of drug-likeness (QED) is 0.645. The maximum Gasteiger partial charge on any atom is 0.268 e. The molecule has 138 valence electrons. The maximum absolute atomic E-state index is 13.5. The summed E-state index contributed by atoms with van der Waals surface area (Å²) in [7, 11) is 0. The van der Waals surface area contributed by atoms with Crippen molar-refractivity contribution in [1.82, 2.24) is 14.5 Å². The molecule has 5 heteroatoms.